The molecule has 3 aliphatic heterocycles. The Balaban J connectivity index is 1.21. The summed E-state index contributed by atoms with van der Waals surface area (Å²) in [5.41, 5.74) is 0.365. The van der Waals surface area contributed by atoms with Gasteiger partial charge in [-0.05, 0) is 54.4 Å². The van der Waals surface area contributed by atoms with Crippen LogP contribution in [0.3, 0.4) is 0 Å². The lowest BCUT2D eigenvalue weighted by atomic mass is 9.61. The third kappa shape index (κ3) is 3.90. The molecule has 2 amide bonds. The number of nitrogens with zero attached hydrogens (tertiary/aromatic N) is 5. The van der Waals surface area contributed by atoms with Crippen LogP contribution in [0, 0.1) is 12.3 Å². The maximum absolute atomic E-state index is 12.3. The quantitative estimate of drug-likeness (QED) is 0.647. The topological polar surface area (TPSA) is 80.1 Å². The highest BCUT2D eigenvalue weighted by atomic mass is 16.6. The number of piperidine rings is 1. The molecule has 1 aromatic rings. The lowest BCUT2D eigenvalue weighted by molar-refractivity contribution is -0.0930. The van der Waals surface area contributed by atoms with Gasteiger partial charge >= 0.3 is 12.2 Å². The number of hydrogen-bond acceptors (Lipinski definition) is 6. The van der Waals surface area contributed by atoms with E-state index in [9.17, 15) is 9.59 Å². The summed E-state index contributed by atoms with van der Waals surface area (Å²) in [6.07, 6.45) is 3.26. The molecule has 5 rings (SSSR count). The summed E-state index contributed by atoms with van der Waals surface area (Å²) in [6.45, 7) is 15.3. The maximum atomic E-state index is 12.3. The van der Waals surface area contributed by atoms with Crippen molar-refractivity contribution in [3.05, 3.63) is 11.8 Å². The van der Waals surface area contributed by atoms with E-state index in [1.807, 2.05) is 32.7 Å². The molecular formula is C25H39N5O4. The second kappa shape index (κ2) is 7.28. The number of likely N-dealkylation sites (N-methyl/N-ethyl adjacent to an activating group) is 1. The Kier molecular flexibility index (Phi) is 4.99. The summed E-state index contributed by atoms with van der Waals surface area (Å²) in [6, 6.07) is 2.56. The molecule has 1 aromatic heterocycles. The summed E-state index contributed by atoms with van der Waals surface area (Å²) in [7, 11) is 1.81. The molecule has 1 unspecified atom stereocenters. The van der Waals surface area contributed by atoms with Crippen molar-refractivity contribution in [1.82, 2.24) is 19.6 Å². The van der Waals surface area contributed by atoms with E-state index >= 15 is 0 Å². The van der Waals surface area contributed by atoms with Crippen LogP contribution in [0.4, 0.5) is 15.4 Å². The Labute approximate surface area is 202 Å². The van der Waals surface area contributed by atoms with Gasteiger partial charge in [0.15, 0.2) is 5.82 Å². The normalized spacial score (nSPS) is 28.2. The second-order valence-corrected chi connectivity index (χ2v) is 12.8. The minimum atomic E-state index is -0.457. The fraction of sp³-hybridized carbons (Fsp3) is 0.800. The van der Waals surface area contributed by atoms with E-state index in [0.29, 0.717) is 12.6 Å². The van der Waals surface area contributed by atoms with Crippen LogP contribution in [-0.2, 0) is 9.47 Å². The molecule has 9 heteroatoms. The number of rotatable bonds is 2. The van der Waals surface area contributed by atoms with Gasteiger partial charge in [0.05, 0.1) is 12.6 Å². The number of hydrogen-bond donors (Lipinski definition) is 0. The van der Waals surface area contributed by atoms with Crippen LogP contribution in [0.5, 0.6) is 0 Å². The first-order valence-electron chi connectivity index (χ1n) is 12.5. The van der Waals surface area contributed by atoms with Crippen molar-refractivity contribution in [2.24, 2.45) is 5.41 Å². The van der Waals surface area contributed by atoms with Gasteiger partial charge in [-0.25, -0.2) is 9.59 Å². The zero-order valence-electron chi connectivity index (χ0n) is 21.7. The Morgan fingerprint density at radius 1 is 1.21 bits per heavy atom. The summed E-state index contributed by atoms with van der Waals surface area (Å²) >= 11 is 0. The number of aromatic nitrogens is 2. The zero-order chi connectivity index (χ0) is 24.7. The van der Waals surface area contributed by atoms with Crippen LogP contribution < -0.4 is 4.90 Å². The monoisotopic (exact) mass is 473 g/mol. The lowest BCUT2D eigenvalue weighted by Gasteiger charge is -2.58. The number of carbonyl (C=O) groups excluding carboxylic acids is 2. The average Bonchev–Trinajstić information content (AvgIpc) is 3.10. The van der Waals surface area contributed by atoms with E-state index in [-0.39, 0.29) is 23.1 Å². The van der Waals surface area contributed by atoms with Crippen LogP contribution >= 0.6 is 0 Å². The molecule has 4 heterocycles. The van der Waals surface area contributed by atoms with Crippen molar-refractivity contribution < 1.29 is 19.1 Å². The molecule has 4 aliphatic rings. The van der Waals surface area contributed by atoms with Gasteiger partial charge in [0.2, 0.25) is 0 Å². The molecule has 1 atom stereocenters. The van der Waals surface area contributed by atoms with Crippen molar-refractivity contribution >= 4 is 18.0 Å². The number of carbonyl (C=O) groups is 2. The number of amides is 2. The van der Waals surface area contributed by atoms with E-state index in [2.05, 4.69) is 36.4 Å². The van der Waals surface area contributed by atoms with Gasteiger partial charge in [-0.15, -0.1) is 0 Å². The Morgan fingerprint density at radius 3 is 2.44 bits per heavy atom. The first-order chi connectivity index (χ1) is 15.7. The molecule has 3 saturated heterocycles. The average molecular weight is 474 g/mol. The van der Waals surface area contributed by atoms with E-state index < -0.39 is 11.2 Å². The standard InChI is InChI=1S/C25H39N5O4/c1-17-10-19(29-9-8-25(13-23(29,5)6)16-27(7)20(31)34-25)26-30(17)18-11-24(12-18)14-28(15-24)21(32)33-22(2,3)4/h10,18H,8-9,11-16H2,1-7H3. The first kappa shape index (κ1) is 23.3. The van der Waals surface area contributed by atoms with Crippen molar-refractivity contribution in [1.29, 1.82) is 0 Å². The molecule has 34 heavy (non-hydrogen) atoms. The van der Waals surface area contributed by atoms with Gasteiger partial charge in [-0.3, -0.25) is 4.68 Å². The SMILES string of the molecule is Cc1cc(N2CCC3(CN(C)C(=O)O3)CC2(C)C)nn1C1CC2(C1)CN(C(=O)OC(C)(C)C)C2. The van der Waals surface area contributed by atoms with Gasteiger partial charge in [0, 0.05) is 62.2 Å². The second-order valence-electron chi connectivity index (χ2n) is 12.8. The number of aryl methyl sites for hydroxylation is 1. The van der Waals surface area contributed by atoms with Crippen molar-refractivity contribution in [3.63, 3.8) is 0 Å². The van der Waals surface area contributed by atoms with Crippen molar-refractivity contribution in [2.45, 2.75) is 90.0 Å². The highest BCUT2D eigenvalue weighted by Crippen LogP contribution is 2.54. The van der Waals surface area contributed by atoms with Crippen LogP contribution in [-0.4, -0.2) is 81.7 Å². The highest BCUT2D eigenvalue weighted by Gasteiger charge is 2.56. The molecule has 0 N–H and O–H groups in total. The third-order valence-corrected chi connectivity index (χ3v) is 7.99. The van der Waals surface area contributed by atoms with Crippen LogP contribution in [0.2, 0.25) is 0 Å². The predicted molar refractivity (Wildman–Crippen MR) is 128 cm³/mol. The van der Waals surface area contributed by atoms with E-state index in [1.54, 1.807) is 4.90 Å². The minimum Gasteiger partial charge on any atom is -0.444 e. The van der Waals surface area contributed by atoms with Gasteiger partial charge in [0.1, 0.15) is 11.2 Å². The highest BCUT2D eigenvalue weighted by molar-refractivity contribution is 5.70. The fourth-order valence-corrected chi connectivity index (χ4v) is 6.59. The Hall–Kier alpha value is -2.45. The largest absolute Gasteiger partial charge is 0.444 e. The van der Waals surface area contributed by atoms with Gasteiger partial charge in [0.25, 0.3) is 0 Å². The first-order valence-corrected chi connectivity index (χ1v) is 12.5. The van der Waals surface area contributed by atoms with E-state index in [4.69, 9.17) is 14.6 Å². The van der Waals surface area contributed by atoms with Crippen molar-refractivity contribution in [2.75, 3.05) is 38.1 Å². The molecular weight excluding hydrogens is 434 g/mol. The summed E-state index contributed by atoms with van der Waals surface area (Å²) in [4.78, 5) is 30.2. The molecule has 4 fully saturated rings. The summed E-state index contributed by atoms with van der Waals surface area (Å²) < 4.78 is 13.5. The summed E-state index contributed by atoms with van der Waals surface area (Å²) in [5, 5.41) is 5.04. The smallest absolute Gasteiger partial charge is 0.410 e. The maximum Gasteiger partial charge on any atom is 0.410 e. The lowest BCUT2D eigenvalue weighted by Crippen LogP contribution is -2.64. The van der Waals surface area contributed by atoms with Gasteiger partial charge in [-0.1, -0.05) is 0 Å². The Bertz CT molecular complexity index is 997. The molecule has 0 bridgehead atoms. The minimum absolute atomic E-state index is 0.169. The molecule has 1 saturated carbocycles. The van der Waals surface area contributed by atoms with Crippen LogP contribution in [0.25, 0.3) is 0 Å². The molecule has 0 radical (unpaired) electrons. The number of anilines is 1. The zero-order valence-corrected chi connectivity index (χ0v) is 21.7. The predicted octanol–water partition coefficient (Wildman–Crippen LogP) is 3.96. The van der Waals surface area contributed by atoms with Crippen LogP contribution in [0.15, 0.2) is 6.07 Å². The molecule has 9 nitrogen and oxygen atoms in total. The van der Waals surface area contributed by atoms with E-state index in [1.165, 1.54) is 5.69 Å². The third-order valence-electron chi connectivity index (χ3n) is 7.99. The van der Waals surface area contributed by atoms with Crippen molar-refractivity contribution in [3.8, 4) is 0 Å². The summed E-state index contributed by atoms with van der Waals surface area (Å²) in [5.74, 6) is 1.000. The van der Waals surface area contributed by atoms with E-state index in [0.717, 1.165) is 51.1 Å². The van der Waals surface area contributed by atoms with Crippen LogP contribution in [0.1, 0.15) is 72.0 Å². The number of likely N-dealkylation sites (tertiary alicyclic amines) is 1. The molecule has 188 valence electrons. The molecule has 2 spiro atoms. The van der Waals surface area contributed by atoms with Gasteiger partial charge < -0.3 is 24.2 Å². The van der Waals surface area contributed by atoms with Gasteiger partial charge in [-0.2, -0.15) is 5.10 Å². The Morgan fingerprint density at radius 2 is 1.88 bits per heavy atom. The number of ether oxygens (including phenoxy) is 2. The molecule has 1 aliphatic carbocycles. The molecule has 0 aromatic carbocycles. The fourth-order valence-electron chi connectivity index (χ4n) is 6.59.